The average Bonchev–Trinajstić information content (AvgIpc) is 2.21. The largest absolute Gasteiger partial charge is 0.341 e. The third kappa shape index (κ3) is 2.67. The zero-order chi connectivity index (χ0) is 10.4. The summed E-state index contributed by atoms with van der Waals surface area (Å²) in [6, 6.07) is 1.92. The van der Waals surface area contributed by atoms with E-state index < -0.39 is 0 Å². The number of rotatable bonds is 5. The van der Waals surface area contributed by atoms with E-state index in [-0.39, 0.29) is 0 Å². The van der Waals surface area contributed by atoms with Gasteiger partial charge in [-0.1, -0.05) is 0 Å². The highest BCUT2D eigenvalue weighted by atomic mass is 15.2. The molecule has 0 radical (unpaired) electrons. The summed E-state index contributed by atoms with van der Waals surface area (Å²) < 4.78 is 0. The van der Waals surface area contributed by atoms with Crippen molar-refractivity contribution >= 4 is 5.95 Å². The van der Waals surface area contributed by atoms with Crippen molar-refractivity contribution < 1.29 is 0 Å². The number of nitrogens with zero attached hydrogens (tertiary/aromatic N) is 3. The number of anilines is 1. The molecule has 1 heterocycles. The molecule has 78 valence electrons. The average molecular weight is 194 g/mol. The van der Waals surface area contributed by atoms with Crippen LogP contribution in [0, 0.1) is 0 Å². The van der Waals surface area contributed by atoms with Crippen LogP contribution in [-0.4, -0.2) is 29.6 Å². The predicted octanol–water partition coefficient (Wildman–Crippen LogP) is 0.824. The molecule has 0 aliphatic rings. The summed E-state index contributed by atoms with van der Waals surface area (Å²) in [5, 5.41) is 0. The number of hydrogen-bond acceptors (Lipinski definition) is 4. The molecule has 0 aliphatic carbocycles. The Bertz CT molecular complexity index is 271. The van der Waals surface area contributed by atoms with Crippen molar-refractivity contribution in [2.45, 2.75) is 20.3 Å². The zero-order valence-corrected chi connectivity index (χ0v) is 8.90. The molecule has 4 nitrogen and oxygen atoms in total. The van der Waals surface area contributed by atoms with Crippen molar-refractivity contribution in [1.82, 2.24) is 9.97 Å². The Labute approximate surface area is 85.2 Å². The molecule has 0 saturated heterocycles. The fourth-order valence-electron chi connectivity index (χ4n) is 1.33. The molecule has 0 saturated carbocycles. The van der Waals surface area contributed by atoms with Crippen LogP contribution in [0.1, 0.15) is 19.5 Å². The molecule has 0 aliphatic heterocycles. The van der Waals surface area contributed by atoms with Gasteiger partial charge >= 0.3 is 0 Å². The summed E-state index contributed by atoms with van der Waals surface area (Å²) in [5.74, 6) is 0.806. The second kappa shape index (κ2) is 5.54. The molecule has 14 heavy (non-hydrogen) atoms. The summed E-state index contributed by atoms with van der Waals surface area (Å²) in [5.41, 5.74) is 6.50. The normalized spacial score (nSPS) is 10.2. The Morgan fingerprint density at radius 3 is 2.64 bits per heavy atom. The van der Waals surface area contributed by atoms with E-state index in [2.05, 4.69) is 28.7 Å². The third-order valence-corrected chi connectivity index (χ3v) is 2.15. The molecule has 1 aromatic rings. The molecule has 0 fully saturated rings. The monoisotopic (exact) mass is 194 g/mol. The van der Waals surface area contributed by atoms with Crippen LogP contribution >= 0.6 is 0 Å². The molecule has 0 bridgehead atoms. The van der Waals surface area contributed by atoms with E-state index in [1.54, 1.807) is 6.20 Å². The van der Waals surface area contributed by atoms with Crippen LogP contribution in [0.4, 0.5) is 5.95 Å². The van der Waals surface area contributed by atoms with Gasteiger partial charge in [-0.3, -0.25) is 0 Å². The van der Waals surface area contributed by atoms with Gasteiger partial charge in [0.25, 0.3) is 0 Å². The Morgan fingerprint density at radius 2 is 2.07 bits per heavy atom. The molecule has 1 rings (SSSR count). The number of aromatic nitrogens is 2. The summed E-state index contributed by atoms with van der Waals surface area (Å²) >= 11 is 0. The molecule has 0 atom stereocenters. The first-order valence-electron chi connectivity index (χ1n) is 5.08. The van der Waals surface area contributed by atoms with Crippen molar-refractivity contribution in [1.29, 1.82) is 0 Å². The van der Waals surface area contributed by atoms with E-state index in [1.807, 2.05) is 6.07 Å². The Balaban J connectivity index is 2.81. The SMILES string of the molecule is CCN(CC)c1nccc(CCN)n1. The first kappa shape index (κ1) is 10.9. The van der Waals surface area contributed by atoms with Crippen LogP contribution in [0.25, 0.3) is 0 Å². The van der Waals surface area contributed by atoms with E-state index in [4.69, 9.17) is 5.73 Å². The molecule has 2 N–H and O–H groups in total. The van der Waals surface area contributed by atoms with E-state index >= 15 is 0 Å². The standard InChI is InChI=1S/C10H18N4/c1-3-14(4-2)10-12-8-6-9(13-10)5-7-11/h6,8H,3-5,7,11H2,1-2H3. The molecular formula is C10H18N4. The smallest absolute Gasteiger partial charge is 0.225 e. The summed E-state index contributed by atoms with van der Waals surface area (Å²) in [7, 11) is 0. The van der Waals surface area contributed by atoms with Gasteiger partial charge in [0.1, 0.15) is 0 Å². The van der Waals surface area contributed by atoms with Gasteiger partial charge in [0.05, 0.1) is 0 Å². The van der Waals surface area contributed by atoms with E-state index in [9.17, 15) is 0 Å². The van der Waals surface area contributed by atoms with Gasteiger partial charge in [-0.25, -0.2) is 9.97 Å². The van der Waals surface area contributed by atoms with E-state index in [0.29, 0.717) is 6.54 Å². The lowest BCUT2D eigenvalue weighted by Gasteiger charge is -2.18. The van der Waals surface area contributed by atoms with Crippen molar-refractivity contribution in [3.05, 3.63) is 18.0 Å². The lowest BCUT2D eigenvalue weighted by Crippen LogP contribution is -2.24. The van der Waals surface area contributed by atoms with Crippen molar-refractivity contribution in [3.63, 3.8) is 0 Å². The summed E-state index contributed by atoms with van der Waals surface area (Å²) in [6.07, 6.45) is 2.61. The molecule has 0 aromatic carbocycles. The van der Waals surface area contributed by atoms with Crippen molar-refractivity contribution in [2.75, 3.05) is 24.5 Å². The molecule has 0 amide bonds. The lowest BCUT2D eigenvalue weighted by molar-refractivity contribution is 0.804. The Kier molecular flexibility index (Phi) is 4.32. The van der Waals surface area contributed by atoms with Crippen molar-refractivity contribution in [3.8, 4) is 0 Å². The predicted molar refractivity (Wildman–Crippen MR) is 58.4 cm³/mol. The third-order valence-electron chi connectivity index (χ3n) is 2.15. The molecule has 1 aromatic heterocycles. The highest BCUT2D eigenvalue weighted by Gasteiger charge is 2.04. The fourth-order valence-corrected chi connectivity index (χ4v) is 1.33. The minimum absolute atomic E-state index is 0.634. The van der Waals surface area contributed by atoms with Crippen LogP contribution in [0.3, 0.4) is 0 Å². The topological polar surface area (TPSA) is 55.0 Å². The van der Waals surface area contributed by atoms with Crippen LogP contribution in [0.15, 0.2) is 12.3 Å². The number of hydrogen-bond donors (Lipinski definition) is 1. The summed E-state index contributed by atoms with van der Waals surface area (Å²) in [6.45, 7) is 6.70. The van der Waals surface area contributed by atoms with Gasteiger partial charge < -0.3 is 10.6 Å². The van der Waals surface area contributed by atoms with Gasteiger partial charge in [-0.2, -0.15) is 0 Å². The number of nitrogens with two attached hydrogens (primary N) is 1. The second-order valence-corrected chi connectivity index (χ2v) is 3.06. The van der Waals surface area contributed by atoms with Crippen molar-refractivity contribution in [2.24, 2.45) is 5.73 Å². The quantitative estimate of drug-likeness (QED) is 0.754. The highest BCUT2D eigenvalue weighted by molar-refractivity contribution is 5.29. The van der Waals surface area contributed by atoms with Gasteiger partial charge in [0.2, 0.25) is 5.95 Å². The molecular weight excluding hydrogens is 176 g/mol. The second-order valence-electron chi connectivity index (χ2n) is 3.06. The highest BCUT2D eigenvalue weighted by Crippen LogP contribution is 2.06. The Hall–Kier alpha value is -1.16. The van der Waals surface area contributed by atoms with Gasteiger partial charge in [0.15, 0.2) is 0 Å². The maximum atomic E-state index is 5.48. The Morgan fingerprint density at radius 1 is 1.36 bits per heavy atom. The first-order valence-corrected chi connectivity index (χ1v) is 5.08. The van der Waals surface area contributed by atoms with E-state index in [1.165, 1.54) is 0 Å². The summed E-state index contributed by atoms with van der Waals surface area (Å²) in [4.78, 5) is 10.8. The first-order chi connectivity index (χ1) is 6.81. The molecule has 4 heteroatoms. The van der Waals surface area contributed by atoms with Gasteiger partial charge in [-0.15, -0.1) is 0 Å². The minimum Gasteiger partial charge on any atom is -0.341 e. The fraction of sp³-hybridized carbons (Fsp3) is 0.600. The maximum absolute atomic E-state index is 5.48. The lowest BCUT2D eigenvalue weighted by atomic mass is 10.3. The molecule has 0 unspecified atom stereocenters. The molecule has 0 spiro atoms. The van der Waals surface area contributed by atoms with Crippen LogP contribution in [0.2, 0.25) is 0 Å². The van der Waals surface area contributed by atoms with E-state index in [0.717, 1.165) is 31.2 Å². The van der Waals surface area contributed by atoms with Crippen LogP contribution in [-0.2, 0) is 6.42 Å². The van der Waals surface area contributed by atoms with Crippen LogP contribution < -0.4 is 10.6 Å². The van der Waals surface area contributed by atoms with Gasteiger partial charge in [-0.05, 0) is 26.5 Å². The van der Waals surface area contributed by atoms with Gasteiger partial charge in [0, 0.05) is 31.4 Å². The van der Waals surface area contributed by atoms with Crippen LogP contribution in [0.5, 0.6) is 0 Å². The zero-order valence-electron chi connectivity index (χ0n) is 8.90. The maximum Gasteiger partial charge on any atom is 0.225 e. The minimum atomic E-state index is 0.634.